The number of hydrogen-bond acceptors (Lipinski definition) is 3. The van der Waals surface area contributed by atoms with E-state index in [9.17, 15) is 4.79 Å². The van der Waals surface area contributed by atoms with Crippen LogP contribution in [0.15, 0.2) is 0 Å². The number of carbonyl (C=O) groups is 1. The minimum absolute atomic E-state index is 0.242. The van der Waals surface area contributed by atoms with E-state index in [4.69, 9.17) is 9.47 Å². The van der Waals surface area contributed by atoms with Gasteiger partial charge in [0.25, 0.3) is 0 Å². The van der Waals surface area contributed by atoms with Gasteiger partial charge in [-0.3, -0.25) is 4.79 Å². The van der Waals surface area contributed by atoms with E-state index in [1.165, 1.54) is 0 Å². The summed E-state index contributed by atoms with van der Waals surface area (Å²) < 4.78 is 9.84. The number of rotatable bonds is 4. The van der Waals surface area contributed by atoms with Gasteiger partial charge in [0.1, 0.15) is 5.78 Å². The average molecular weight is 142 g/mol. The Kier molecular flexibility index (Phi) is 1.47. The monoisotopic (exact) mass is 142 g/mol. The minimum atomic E-state index is 0.242. The van der Waals surface area contributed by atoms with Crippen LogP contribution in [-0.4, -0.2) is 31.2 Å². The summed E-state index contributed by atoms with van der Waals surface area (Å²) in [4.78, 5) is 11.0. The van der Waals surface area contributed by atoms with Crippen LogP contribution in [0.3, 0.4) is 0 Å². The summed E-state index contributed by atoms with van der Waals surface area (Å²) >= 11 is 0. The van der Waals surface area contributed by atoms with Gasteiger partial charge in [0.05, 0.1) is 25.4 Å². The molecule has 0 N–H and O–H groups in total. The molecule has 2 atom stereocenters. The van der Waals surface area contributed by atoms with E-state index in [0.717, 1.165) is 13.2 Å². The topological polar surface area (TPSA) is 42.1 Å². The van der Waals surface area contributed by atoms with Crippen LogP contribution in [-0.2, 0) is 14.3 Å². The molecule has 2 saturated heterocycles. The van der Waals surface area contributed by atoms with Crippen LogP contribution >= 0.6 is 0 Å². The zero-order valence-corrected chi connectivity index (χ0v) is 5.71. The molecule has 0 aliphatic carbocycles. The molecule has 56 valence electrons. The highest BCUT2D eigenvalue weighted by molar-refractivity contribution is 5.79. The fourth-order valence-corrected chi connectivity index (χ4v) is 0.963. The summed E-state index contributed by atoms with van der Waals surface area (Å²) in [5.41, 5.74) is 0. The number of ether oxygens (including phenoxy) is 2. The lowest BCUT2D eigenvalue weighted by Crippen LogP contribution is -2.05. The van der Waals surface area contributed by atoms with Crippen LogP contribution in [0.5, 0.6) is 0 Å². The van der Waals surface area contributed by atoms with E-state index >= 15 is 0 Å². The second-order valence-corrected chi connectivity index (χ2v) is 2.86. The van der Waals surface area contributed by atoms with Crippen molar-refractivity contribution in [1.82, 2.24) is 0 Å². The zero-order valence-electron chi connectivity index (χ0n) is 5.71. The summed E-state index contributed by atoms with van der Waals surface area (Å²) in [6.07, 6.45) is 1.68. The molecule has 3 nitrogen and oxygen atoms in total. The third-order valence-corrected chi connectivity index (χ3v) is 1.72. The van der Waals surface area contributed by atoms with Gasteiger partial charge in [0.2, 0.25) is 0 Å². The first-order valence-electron chi connectivity index (χ1n) is 3.59. The Morgan fingerprint density at radius 3 is 1.90 bits per heavy atom. The van der Waals surface area contributed by atoms with Gasteiger partial charge in [-0.25, -0.2) is 0 Å². The van der Waals surface area contributed by atoms with Crippen molar-refractivity contribution in [2.45, 2.75) is 25.0 Å². The first-order chi connectivity index (χ1) is 4.84. The highest BCUT2D eigenvalue weighted by Crippen LogP contribution is 2.19. The summed E-state index contributed by atoms with van der Waals surface area (Å²) in [7, 11) is 0. The molecule has 2 fully saturated rings. The van der Waals surface area contributed by atoms with E-state index in [2.05, 4.69) is 0 Å². The molecule has 0 saturated carbocycles. The third kappa shape index (κ3) is 1.78. The maximum absolute atomic E-state index is 11.0. The van der Waals surface area contributed by atoms with Gasteiger partial charge < -0.3 is 9.47 Å². The molecule has 2 rings (SSSR count). The average Bonchev–Trinajstić information content (AvgIpc) is 2.59. The first kappa shape index (κ1) is 6.31. The Bertz CT molecular complexity index is 131. The SMILES string of the molecule is O=C(CC1CO1)CC1CO1. The van der Waals surface area contributed by atoms with Crippen LogP contribution in [0.1, 0.15) is 12.8 Å². The molecule has 2 aliphatic rings. The van der Waals surface area contributed by atoms with Gasteiger partial charge in [0.15, 0.2) is 0 Å². The lowest BCUT2D eigenvalue weighted by atomic mass is 10.1. The summed E-state index contributed by atoms with van der Waals surface area (Å²) in [6, 6.07) is 0. The lowest BCUT2D eigenvalue weighted by Gasteiger charge is -1.91. The predicted molar refractivity (Wildman–Crippen MR) is 33.7 cm³/mol. The Hall–Kier alpha value is -0.410. The Balaban J connectivity index is 1.64. The fraction of sp³-hybridized carbons (Fsp3) is 0.857. The Morgan fingerprint density at radius 2 is 1.60 bits per heavy atom. The molecule has 0 amide bonds. The number of hydrogen-bond donors (Lipinski definition) is 0. The molecule has 0 aromatic carbocycles. The van der Waals surface area contributed by atoms with Crippen molar-refractivity contribution >= 4 is 5.78 Å². The second kappa shape index (κ2) is 2.32. The molecule has 0 aromatic rings. The van der Waals surface area contributed by atoms with E-state index in [0.29, 0.717) is 12.8 Å². The summed E-state index contributed by atoms with van der Waals surface area (Å²) in [5, 5.41) is 0. The van der Waals surface area contributed by atoms with Crippen LogP contribution in [0, 0.1) is 0 Å². The molecule has 2 heterocycles. The highest BCUT2D eigenvalue weighted by atomic mass is 16.6. The van der Waals surface area contributed by atoms with Crippen molar-refractivity contribution in [2.24, 2.45) is 0 Å². The normalized spacial score (nSPS) is 35.6. The minimum Gasteiger partial charge on any atom is -0.373 e. The van der Waals surface area contributed by atoms with E-state index in [1.807, 2.05) is 0 Å². The Labute approximate surface area is 59.3 Å². The third-order valence-electron chi connectivity index (χ3n) is 1.72. The van der Waals surface area contributed by atoms with E-state index in [1.54, 1.807) is 0 Å². The molecular formula is C7H10O3. The highest BCUT2D eigenvalue weighted by Gasteiger charge is 2.30. The molecule has 3 heteroatoms. The van der Waals surface area contributed by atoms with Crippen molar-refractivity contribution in [1.29, 1.82) is 0 Å². The molecule has 0 radical (unpaired) electrons. The van der Waals surface area contributed by atoms with Gasteiger partial charge in [-0.1, -0.05) is 0 Å². The molecule has 10 heavy (non-hydrogen) atoms. The molecule has 2 unspecified atom stereocenters. The maximum atomic E-state index is 11.0. The summed E-state index contributed by atoms with van der Waals surface area (Å²) in [6.45, 7) is 1.55. The van der Waals surface area contributed by atoms with Crippen LogP contribution in [0.25, 0.3) is 0 Å². The maximum Gasteiger partial charge on any atom is 0.138 e. The first-order valence-corrected chi connectivity index (χ1v) is 3.59. The van der Waals surface area contributed by atoms with Crippen molar-refractivity contribution < 1.29 is 14.3 Å². The Morgan fingerprint density at radius 1 is 1.20 bits per heavy atom. The fourth-order valence-electron chi connectivity index (χ4n) is 0.963. The zero-order chi connectivity index (χ0) is 6.97. The van der Waals surface area contributed by atoms with Gasteiger partial charge in [-0.2, -0.15) is 0 Å². The van der Waals surface area contributed by atoms with Crippen molar-refractivity contribution in [3.63, 3.8) is 0 Å². The lowest BCUT2D eigenvalue weighted by molar-refractivity contribution is -0.119. The molecule has 0 bridgehead atoms. The molecule has 2 aliphatic heterocycles. The second-order valence-electron chi connectivity index (χ2n) is 2.86. The van der Waals surface area contributed by atoms with Gasteiger partial charge >= 0.3 is 0 Å². The van der Waals surface area contributed by atoms with E-state index in [-0.39, 0.29) is 18.0 Å². The largest absolute Gasteiger partial charge is 0.373 e. The number of carbonyl (C=O) groups excluding carboxylic acids is 1. The van der Waals surface area contributed by atoms with Gasteiger partial charge in [0, 0.05) is 12.8 Å². The number of ketones is 1. The van der Waals surface area contributed by atoms with Gasteiger partial charge in [-0.05, 0) is 0 Å². The molecule has 0 spiro atoms. The van der Waals surface area contributed by atoms with Crippen LogP contribution in [0.2, 0.25) is 0 Å². The van der Waals surface area contributed by atoms with Crippen LogP contribution < -0.4 is 0 Å². The van der Waals surface area contributed by atoms with E-state index < -0.39 is 0 Å². The van der Waals surface area contributed by atoms with Crippen molar-refractivity contribution in [3.05, 3.63) is 0 Å². The molecule has 0 aromatic heterocycles. The smallest absolute Gasteiger partial charge is 0.138 e. The van der Waals surface area contributed by atoms with Crippen molar-refractivity contribution in [2.75, 3.05) is 13.2 Å². The molecular weight excluding hydrogens is 132 g/mol. The summed E-state index contributed by atoms with van der Waals surface area (Å²) in [5.74, 6) is 0.282. The van der Waals surface area contributed by atoms with Gasteiger partial charge in [-0.15, -0.1) is 0 Å². The number of epoxide rings is 2. The number of Topliss-reactive ketones (excluding diaryl/α,β-unsaturated/α-hetero) is 1. The van der Waals surface area contributed by atoms with Crippen LogP contribution in [0.4, 0.5) is 0 Å². The predicted octanol–water partition coefficient (Wildman–Crippen LogP) is 0.133. The quantitative estimate of drug-likeness (QED) is 0.524. The standard InChI is InChI=1S/C7H10O3/c8-5(1-6-3-9-6)2-7-4-10-7/h6-7H,1-4H2. The van der Waals surface area contributed by atoms with Crippen molar-refractivity contribution in [3.8, 4) is 0 Å².